The van der Waals surface area contributed by atoms with Crippen molar-refractivity contribution in [2.45, 2.75) is 32.4 Å². The molecule has 0 spiro atoms. The fraction of sp³-hybridized carbons (Fsp3) is 0.455. The summed E-state index contributed by atoms with van der Waals surface area (Å²) >= 11 is 0. The molecule has 2 rings (SSSR count). The Bertz CT molecular complexity index is 336. The van der Waals surface area contributed by atoms with E-state index in [2.05, 4.69) is 12.2 Å². The highest BCUT2D eigenvalue weighted by Crippen LogP contribution is 2.30. The second-order valence-corrected chi connectivity index (χ2v) is 3.60. The molecule has 76 valence electrons. The van der Waals surface area contributed by atoms with Crippen LogP contribution in [0.25, 0.3) is 0 Å². The molecule has 3 heteroatoms. The zero-order valence-corrected chi connectivity index (χ0v) is 8.06. The van der Waals surface area contributed by atoms with Crippen LogP contribution in [0.5, 0.6) is 0 Å². The van der Waals surface area contributed by atoms with Gasteiger partial charge in [-0.25, -0.2) is 8.78 Å². The lowest BCUT2D eigenvalue weighted by Crippen LogP contribution is -2.10. The number of halogens is 2. The van der Waals surface area contributed by atoms with E-state index in [9.17, 15) is 8.78 Å². The van der Waals surface area contributed by atoms with Gasteiger partial charge in [0.05, 0.1) is 0 Å². The lowest BCUT2D eigenvalue weighted by atomic mass is 10.0. The van der Waals surface area contributed by atoms with Crippen LogP contribution in [0.3, 0.4) is 0 Å². The van der Waals surface area contributed by atoms with Gasteiger partial charge in [-0.2, -0.15) is 0 Å². The summed E-state index contributed by atoms with van der Waals surface area (Å²) in [5.41, 5.74) is 2.33. The van der Waals surface area contributed by atoms with Crippen molar-refractivity contribution in [1.82, 2.24) is 5.32 Å². The third-order valence-corrected chi connectivity index (χ3v) is 2.74. The molecule has 0 saturated heterocycles. The molecular weight excluding hydrogens is 184 g/mol. The number of rotatable bonds is 2. The Morgan fingerprint density at radius 3 is 2.93 bits per heavy atom. The average Bonchev–Trinajstić information content (AvgIpc) is 2.59. The van der Waals surface area contributed by atoms with E-state index in [4.69, 9.17) is 0 Å². The summed E-state index contributed by atoms with van der Waals surface area (Å²) in [5.74, 6) is 0. The fourth-order valence-corrected chi connectivity index (χ4v) is 1.96. The summed E-state index contributed by atoms with van der Waals surface area (Å²) in [7, 11) is 0. The first-order valence-corrected chi connectivity index (χ1v) is 4.86. The summed E-state index contributed by atoms with van der Waals surface area (Å²) in [6.07, 6.45) is -1.36. The maximum atomic E-state index is 12.4. The van der Waals surface area contributed by atoms with Gasteiger partial charge in [0.15, 0.2) is 0 Å². The van der Waals surface area contributed by atoms with Crippen molar-refractivity contribution in [1.29, 1.82) is 0 Å². The predicted molar refractivity (Wildman–Crippen MR) is 51.3 cm³/mol. The highest BCUT2D eigenvalue weighted by molar-refractivity contribution is 5.37. The molecule has 1 nitrogen and oxygen atoms in total. The minimum atomic E-state index is -2.36. The average molecular weight is 197 g/mol. The summed E-state index contributed by atoms with van der Waals surface area (Å²) in [5, 5.41) is 3.29. The molecule has 1 aliphatic rings. The van der Waals surface area contributed by atoms with Gasteiger partial charge in [-0.1, -0.05) is 19.1 Å². The Hall–Kier alpha value is -0.960. The van der Waals surface area contributed by atoms with Crippen molar-refractivity contribution >= 4 is 0 Å². The van der Waals surface area contributed by atoms with Crippen LogP contribution < -0.4 is 5.32 Å². The van der Waals surface area contributed by atoms with Crippen molar-refractivity contribution in [3.05, 3.63) is 34.9 Å². The maximum Gasteiger partial charge on any atom is 0.263 e. The second-order valence-electron chi connectivity index (χ2n) is 3.60. The van der Waals surface area contributed by atoms with Gasteiger partial charge in [-0.15, -0.1) is 0 Å². The van der Waals surface area contributed by atoms with Crippen LogP contribution in [-0.2, 0) is 6.54 Å². The molecule has 1 aliphatic heterocycles. The Labute approximate surface area is 82.1 Å². The second kappa shape index (κ2) is 3.65. The van der Waals surface area contributed by atoms with Crippen molar-refractivity contribution in [2.24, 2.45) is 0 Å². The van der Waals surface area contributed by atoms with Crippen LogP contribution in [0.4, 0.5) is 8.78 Å². The predicted octanol–water partition coefficient (Wildman–Crippen LogP) is 3.18. The Balaban J connectivity index is 2.34. The van der Waals surface area contributed by atoms with Gasteiger partial charge in [0.2, 0.25) is 0 Å². The number of benzene rings is 1. The van der Waals surface area contributed by atoms with Crippen molar-refractivity contribution in [3.8, 4) is 0 Å². The van der Waals surface area contributed by atoms with Gasteiger partial charge in [0.25, 0.3) is 6.43 Å². The highest BCUT2D eigenvalue weighted by Gasteiger charge is 2.21. The van der Waals surface area contributed by atoms with Crippen LogP contribution in [0, 0.1) is 0 Å². The van der Waals surface area contributed by atoms with Gasteiger partial charge >= 0.3 is 0 Å². The summed E-state index contributed by atoms with van der Waals surface area (Å²) in [6, 6.07) is 5.31. The monoisotopic (exact) mass is 197 g/mol. The van der Waals surface area contributed by atoms with E-state index in [-0.39, 0.29) is 5.56 Å². The summed E-state index contributed by atoms with van der Waals surface area (Å²) < 4.78 is 24.8. The Morgan fingerprint density at radius 1 is 1.50 bits per heavy atom. The smallest absolute Gasteiger partial charge is 0.263 e. The van der Waals surface area contributed by atoms with Crippen LogP contribution >= 0.6 is 0 Å². The summed E-state index contributed by atoms with van der Waals surface area (Å²) in [6.45, 7) is 2.81. The van der Waals surface area contributed by atoms with Gasteiger partial charge in [0, 0.05) is 18.2 Å². The van der Waals surface area contributed by atoms with Gasteiger partial charge in [0.1, 0.15) is 0 Å². The zero-order chi connectivity index (χ0) is 10.1. The normalized spacial score (nSPS) is 20.1. The first-order valence-electron chi connectivity index (χ1n) is 4.86. The molecular formula is C11H13F2N. The topological polar surface area (TPSA) is 12.0 Å². The van der Waals surface area contributed by atoms with Crippen LogP contribution in [0.15, 0.2) is 18.2 Å². The van der Waals surface area contributed by atoms with Crippen LogP contribution in [-0.4, -0.2) is 0 Å². The lowest BCUT2D eigenvalue weighted by Gasteiger charge is -2.08. The summed E-state index contributed by atoms with van der Waals surface area (Å²) in [4.78, 5) is 0. The van der Waals surface area contributed by atoms with Crippen molar-refractivity contribution in [3.63, 3.8) is 0 Å². The third kappa shape index (κ3) is 1.52. The zero-order valence-electron chi connectivity index (χ0n) is 8.06. The Morgan fingerprint density at radius 2 is 2.29 bits per heavy atom. The van der Waals surface area contributed by atoms with Crippen LogP contribution in [0.2, 0.25) is 0 Å². The first kappa shape index (κ1) is 9.59. The van der Waals surface area contributed by atoms with Gasteiger partial charge in [-0.3, -0.25) is 0 Å². The number of nitrogens with one attached hydrogen (secondary N) is 1. The minimum Gasteiger partial charge on any atom is -0.306 e. The molecule has 0 saturated carbocycles. The minimum absolute atomic E-state index is 0.127. The largest absolute Gasteiger partial charge is 0.306 e. The van der Waals surface area contributed by atoms with Crippen LogP contribution in [0.1, 0.15) is 42.5 Å². The van der Waals surface area contributed by atoms with Crippen molar-refractivity contribution in [2.75, 3.05) is 0 Å². The van der Waals surface area contributed by atoms with Gasteiger partial charge in [-0.05, 0) is 23.6 Å². The highest BCUT2D eigenvalue weighted by atomic mass is 19.3. The molecule has 0 bridgehead atoms. The fourth-order valence-electron chi connectivity index (χ4n) is 1.96. The molecule has 1 N–H and O–H groups in total. The molecule has 0 aromatic heterocycles. The molecule has 1 aromatic rings. The van der Waals surface area contributed by atoms with Crippen molar-refractivity contribution < 1.29 is 8.78 Å². The molecule has 1 unspecified atom stereocenters. The van der Waals surface area contributed by atoms with E-state index in [0.29, 0.717) is 12.6 Å². The first-order chi connectivity index (χ1) is 6.72. The number of alkyl halides is 2. The molecule has 1 heterocycles. The van der Waals surface area contributed by atoms with E-state index >= 15 is 0 Å². The lowest BCUT2D eigenvalue weighted by molar-refractivity contribution is 0.151. The molecule has 0 aliphatic carbocycles. The number of hydrogen-bond donors (Lipinski definition) is 1. The maximum absolute atomic E-state index is 12.4. The van der Waals surface area contributed by atoms with E-state index in [1.807, 2.05) is 6.07 Å². The molecule has 14 heavy (non-hydrogen) atoms. The standard InChI is InChI=1S/C11H13F2N/c1-2-10-9-4-3-7(11(12)13)5-8(9)6-14-10/h3-5,10-11,14H,2,6H2,1H3. The molecule has 0 fully saturated rings. The quantitative estimate of drug-likeness (QED) is 0.767. The third-order valence-electron chi connectivity index (χ3n) is 2.74. The van der Waals surface area contributed by atoms with E-state index in [1.165, 1.54) is 11.6 Å². The van der Waals surface area contributed by atoms with E-state index in [1.54, 1.807) is 6.07 Å². The number of fused-ring (bicyclic) bond motifs is 1. The van der Waals surface area contributed by atoms with Gasteiger partial charge < -0.3 is 5.32 Å². The number of hydrogen-bond acceptors (Lipinski definition) is 1. The SMILES string of the molecule is CCC1NCc2cc(C(F)F)ccc21. The van der Waals surface area contributed by atoms with E-state index in [0.717, 1.165) is 12.0 Å². The van der Waals surface area contributed by atoms with E-state index < -0.39 is 6.43 Å². The molecule has 0 amide bonds. The molecule has 1 atom stereocenters. The molecule has 0 radical (unpaired) electrons. The molecule has 1 aromatic carbocycles. The Kier molecular flexibility index (Phi) is 2.50.